The molecule has 0 aliphatic carbocycles. The van der Waals surface area contributed by atoms with Gasteiger partial charge in [0.2, 0.25) is 0 Å². The molecule has 6 heteroatoms. The highest BCUT2D eigenvalue weighted by molar-refractivity contribution is 9.39. The molecule has 1 atom stereocenters. The summed E-state index contributed by atoms with van der Waals surface area (Å²) in [5.74, 6) is -0.774. The molecule has 1 N–H and O–H groups in total. The average molecular weight is 460 g/mol. The third kappa shape index (κ3) is 6.80. The second-order valence-corrected chi connectivity index (χ2v) is 12.2. The molecule has 0 aromatic rings. The van der Waals surface area contributed by atoms with E-state index in [-0.39, 0.29) is 18.8 Å². The summed E-state index contributed by atoms with van der Waals surface area (Å²) in [6, 6.07) is 0. The first-order valence-corrected chi connectivity index (χ1v) is 7.27. The SMILES string of the molecule is CC(C)(CC(=O)O)C(Br)CC(Br)(Br)Br. The van der Waals surface area contributed by atoms with Crippen molar-refractivity contribution in [2.24, 2.45) is 5.41 Å². The zero-order chi connectivity index (χ0) is 11.6. The van der Waals surface area contributed by atoms with Crippen LogP contribution in [-0.4, -0.2) is 18.0 Å². The minimum absolute atomic E-state index is 0.101. The number of hydrogen-bond donors (Lipinski definition) is 1. The first-order chi connectivity index (χ1) is 6.04. The summed E-state index contributed by atoms with van der Waals surface area (Å²) in [6.07, 6.45) is 0.874. The third-order valence-electron chi connectivity index (χ3n) is 1.87. The Balaban J connectivity index is 4.35. The quantitative estimate of drug-likeness (QED) is 0.630. The van der Waals surface area contributed by atoms with Crippen molar-refractivity contribution in [3.63, 3.8) is 0 Å². The fourth-order valence-corrected chi connectivity index (χ4v) is 3.90. The van der Waals surface area contributed by atoms with Gasteiger partial charge in [-0.25, -0.2) is 0 Å². The van der Waals surface area contributed by atoms with E-state index in [1.807, 2.05) is 13.8 Å². The molecule has 2 nitrogen and oxygen atoms in total. The number of rotatable bonds is 4. The highest BCUT2D eigenvalue weighted by Crippen LogP contribution is 2.44. The summed E-state index contributed by atoms with van der Waals surface area (Å²) in [4.78, 5) is 10.7. The largest absolute Gasteiger partial charge is 0.481 e. The maximum Gasteiger partial charge on any atom is 0.303 e. The summed E-state index contributed by atoms with van der Waals surface area (Å²) in [6.45, 7) is 3.86. The predicted molar refractivity (Wildman–Crippen MR) is 72.9 cm³/mol. The standard InChI is InChI=1S/C8H12Br4O2/c1-7(2,4-6(13)14)5(9)3-8(10,11)12/h5H,3-4H2,1-2H3,(H,13,14). The van der Waals surface area contributed by atoms with Crippen LogP contribution in [0.1, 0.15) is 26.7 Å². The van der Waals surface area contributed by atoms with E-state index in [0.717, 1.165) is 6.42 Å². The molecule has 0 amide bonds. The molecule has 0 spiro atoms. The molecule has 84 valence electrons. The molecule has 0 saturated carbocycles. The highest BCUT2D eigenvalue weighted by atomic mass is 80.0. The second-order valence-electron chi connectivity index (χ2n) is 3.85. The number of alkyl halides is 4. The molecule has 0 heterocycles. The van der Waals surface area contributed by atoms with E-state index in [2.05, 4.69) is 63.7 Å². The number of hydrogen-bond acceptors (Lipinski definition) is 1. The van der Waals surface area contributed by atoms with Gasteiger partial charge in [-0.05, 0) is 11.8 Å². The molecule has 0 fully saturated rings. The van der Waals surface area contributed by atoms with Crippen LogP contribution in [0.2, 0.25) is 0 Å². The van der Waals surface area contributed by atoms with Crippen molar-refractivity contribution in [2.75, 3.05) is 0 Å². The summed E-state index contributed by atoms with van der Waals surface area (Å²) in [5, 5.41) is 8.74. The molecule has 0 aliphatic rings. The highest BCUT2D eigenvalue weighted by Gasteiger charge is 2.34. The zero-order valence-corrected chi connectivity index (χ0v) is 14.2. The van der Waals surface area contributed by atoms with Gasteiger partial charge in [-0.2, -0.15) is 0 Å². The van der Waals surface area contributed by atoms with Crippen molar-refractivity contribution in [3.05, 3.63) is 0 Å². The van der Waals surface area contributed by atoms with E-state index in [0.29, 0.717) is 0 Å². The van der Waals surface area contributed by atoms with Crippen LogP contribution in [0.15, 0.2) is 0 Å². The van der Waals surface area contributed by atoms with Gasteiger partial charge in [0.25, 0.3) is 0 Å². The van der Waals surface area contributed by atoms with Gasteiger partial charge in [0, 0.05) is 4.83 Å². The van der Waals surface area contributed by atoms with Gasteiger partial charge in [-0.1, -0.05) is 77.6 Å². The fourth-order valence-electron chi connectivity index (χ4n) is 0.980. The number of carboxylic acids is 1. The van der Waals surface area contributed by atoms with Crippen LogP contribution < -0.4 is 0 Å². The van der Waals surface area contributed by atoms with Crippen molar-refractivity contribution in [3.8, 4) is 0 Å². The van der Waals surface area contributed by atoms with Crippen molar-refractivity contribution >= 4 is 69.7 Å². The minimum atomic E-state index is -0.774. The van der Waals surface area contributed by atoms with E-state index in [4.69, 9.17) is 5.11 Å². The van der Waals surface area contributed by atoms with E-state index < -0.39 is 5.97 Å². The molecule has 0 saturated heterocycles. The Morgan fingerprint density at radius 1 is 1.36 bits per heavy atom. The van der Waals surface area contributed by atoms with Crippen LogP contribution in [0.3, 0.4) is 0 Å². The molecule has 0 aromatic carbocycles. The van der Waals surface area contributed by atoms with Gasteiger partial charge in [0.15, 0.2) is 0 Å². The van der Waals surface area contributed by atoms with Crippen LogP contribution in [0.25, 0.3) is 0 Å². The topological polar surface area (TPSA) is 37.3 Å². The molecule has 0 aliphatic heterocycles. The van der Waals surface area contributed by atoms with E-state index in [1.165, 1.54) is 0 Å². The first kappa shape index (κ1) is 15.4. The summed E-state index contributed by atoms with van der Waals surface area (Å²) in [7, 11) is 0. The lowest BCUT2D eigenvalue weighted by Gasteiger charge is -2.31. The summed E-state index contributed by atoms with van der Waals surface area (Å²) in [5.41, 5.74) is -0.285. The van der Waals surface area contributed by atoms with Gasteiger partial charge in [-0.3, -0.25) is 4.79 Å². The number of halogens is 4. The molecule has 0 aromatic heterocycles. The van der Waals surface area contributed by atoms with Gasteiger partial charge in [0.05, 0.1) is 6.42 Å². The molecule has 0 bridgehead atoms. The fraction of sp³-hybridized carbons (Fsp3) is 0.875. The Morgan fingerprint density at radius 3 is 2.07 bits per heavy atom. The Labute approximate surface area is 118 Å². The molecule has 0 radical (unpaired) electrons. The van der Waals surface area contributed by atoms with Crippen LogP contribution in [0.5, 0.6) is 0 Å². The maximum absolute atomic E-state index is 10.6. The Kier molecular flexibility index (Phi) is 6.20. The van der Waals surface area contributed by atoms with E-state index in [1.54, 1.807) is 0 Å². The maximum atomic E-state index is 10.6. The summed E-state index contributed by atoms with van der Waals surface area (Å²) < 4.78 is -0.336. The van der Waals surface area contributed by atoms with E-state index >= 15 is 0 Å². The number of carbonyl (C=O) groups is 1. The number of carboxylic acid groups (broad SMARTS) is 1. The summed E-state index contributed by atoms with van der Waals surface area (Å²) >= 11 is 13.7. The molecule has 14 heavy (non-hydrogen) atoms. The van der Waals surface area contributed by atoms with Gasteiger partial charge >= 0.3 is 5.97 Å². The van der Waals surface area contributed by atoms with Crippen LogP contribution in [-0.2, 0) is 4.79 Å². The van der Waals surface area contributed by atoms with Crippen molar-refractivity contribution in [1.29, 1.82) is 0 Å². The Hall–Kier alpha value is 1.39. The normalized spacial score (nSPS) is 15.3. The monoisotopic (exact) mass is 456 g/mol. The molecular weight excluding hydrogens is 448 g/mol. The van der Waals surface area contributed by atoms with Gasteiger partial charge in [-0.15, -0.1) is 0 Å². The lowest BCUT2D eigenvalue weighted by atomic mass is 9.84. The third-order valence-corrected chi connectivity index (χ3v) is 4.40. The van der Waals surface area contributed by atoms with Crippen LogP contribution in [0.4, 0.5) is 0 Å². The lowest BCUT2D eigenvalue weighted by Crippen LogP contribution is -2.30. The average Bonchev–Trinajstić information content (AvgIpc) is 1.79. The van der Waals surface area contributed by atoms with Crippen molar-refractivity contribution in [1.82, 2.24) is 0 Å². The second kappa shape index (κ2) is 5.64. The van der Waals surface area contributed by atoms with Crippen molar-refractivity contribution in [2.45, 2.75) is 33.7 Å². The van der Waals surface area contributed by atoms with Crippen molar-refractivity contribution < 1.29 is 9.90 Å². The predicted octanol–water partition coefficient (Wildman–Crippen LogP) is 4.48. The lowest BCUT2D eigenvalue weighted by molar-refractivity contribution is -0.139. The number of aliphatic carboxylic acids is 1. The van der Waals surface area contributed by atoms with Crippen LogP contribution in [0, 0.1) is 5.41 Å². The molecule has 0 rings (SSSR count). The Morgan fingerprint density at radius 2 is 1.79 bits per heavy atom. The van der Waals surface area contributed by atoms with E-state index in [9.17, 15) is 4.79 Å². The van der Waals surface area contributed by atoms with Gasteiger partial charge < -0.3 is 5.11 Å². The first-order valence-electron chi connectivity index (χ1n) is 3.97. The van der Waals surface area contributed by atoms with Crippen LogP contribution >= 0.6 is 63.7 Å². The minimum Gasteiger partial charge on any atom is -0.481 e. The van der Waals surface area contributed by atoms with Gasteiger partial charge in [0.1, 0.15) is 2.14 Å². The molecular formula is C8H12Br4O2. The molecule has 1 unspecified atom stereocenters. The Bertz CT molecular complexity index is 210. The smallest absolute Gasteiger partial charge is 0.303 e. The zero-order valence-electron chi connectivity index (χ0n) is 7.86.